The summed E-state index contributed by atoms with van der Waals surface area (Å²) in [5.41, 5.74) is 1.09. The highest BCUT2D eigenvalue weighted by atomic mass is 79.9. The van der Waals surface area contributed by atoms with Gasteiger partial charge in [0.05, 0.1) is 18.5 Å². The predicted octanol–water partition coefficient (Wildman–Crippen LogP) is 3.93. The summed E-state index contributed by atoms with van der Waals surface area (Å²) >= 11 is 15.2. The van der Waals surface area contributed by atoms with Gasteiger partial charge in [-0.1, -0.05) is 28.1 Å². The number of hydrogen-bond acceptors (Lipinski definition) is 2. The van der Waals surface area contributed by atoms with E-state index in [0.717, 1.165) is 10.0 Å². The van der Waals surface area contributed by atoms with E-state index in [4.69, 9.17) is 28.6 Å². The molecule has 1 aromatic rings. The molecule has 0 heterocycles. The van der Waals surface area contributed by atoms with E-state index in [-0.39, 0.29) is 6.04 Å². The maximum absolute atomic E-state index is 8.62. The summed E-state index contributed by atoms with van der Waals surface area (Å²) in [7, 11) is 0. The van der Waals surface area contributed by atoms with Crippen LogP contribution >= 0.6 is 39.3 Å². The molecule has 0 aliphatic rings. The van der Waals surface area contributed by atoms with Crippen LogP contribution in [-0.2, 0) is 6.54 Å². The van der Waals surface area contributed by atoms with Crippen LogP contribution in [0.5, 0.6) is 0 Å². The fourth-order valence-electron chi connectivity index (χ4n) is 1.23. The molecule has 0 aliphatic carbocycles. The third-order valence-corrected chi connectivity index (χ3v) is 3.43. The summed E-state index contributed by atoms with van der Waals surface area (Å²) in [5, 5.41) is 8.62. The second-order valence-electron chi connectivity index (χ2n) is 3.35. The van der Waals surface area contributed by atoms with Crippen LogP contribution < -0.4 is 0 Å². The van der Waals surface area contributed by atoms with Crippen LogP contribution in [0.2, 0.25) is 0 Å². The van der Waals surface area contributed by atoms with Crippen LogP contribution in [0.4, 0.5) is 0 Å². The van der Waals surface area contributed by atoms with Crippen molar-refractivity contribution in [3.05, 3.63) is 34.3 Å². The second kappa shape index (κ2) is 7.13. The quantitative estimate of drug-likeness (QED) is 0.607. The van der Waals surface area contributed by atoms with Gasteiger partial charge in [0.2, 0.25) is 0 Å². The lowest BCUT2D eigenvalue weighted by Crippen LogP contribution is -2.28. The van der Waals surface area contributed by atoms with Crippen molar-refractivity contribution in [2.45, 2.75) is 19.0 Å². The van der Waals surface area contributed by atoms with Crippen LogP contribution in [0.15, 0.2) is 28.7 Å². The number of alkyl halides is 1. The topological polar surface area (TPSA) is 27.0 Å². The van der Waals surface area contributed by atoms with Gasteiger partial charge >= 0.3 is 0 Å². The third-order valence-electron chi connectivity index (χ3n) is 2.15. The third kappa shape index (κ3) is 4.31. The molecular weight excluding hydrogens is 311 g/mol. The van der Waals surface area contributed by atoms with Crippen molar-refractivity contribution in [1.29, 1.82) is 5.26 Å². The maximum Gasteiger partial charge on any atom is 0.0639 e. The average Bonchev–Trinajstić information content (AvgIpc) is 2.29. The van der Waals surface area contributed by atoms with Gasteiger partial charge in [-0.3, -0.25) is 0 Å². The normalized spacial score (nSPS) is 12.4. The van der Waals surface area contributed by atoms with Gasteiger partial charge in [0.15, 0.2) is 0 Å². The van der Waals surface area contributed by atoms with Crippen molar-refractivity contribution in [3.63, 3.8) is 0 Å². The Labute approximate surface area is 114 Å². The van der Waals surface area contributed by atoms with E-state index in [1.165, 1.54) is 0 Å². The molecule has 1 atom stereocenters. The molecule has 5 heteroatoms. The Kier molecular flexibility index (Phi) is 6.15. The summed E-state index contributed by atoms with van der Waals surface area (Å²) in [4.78, 5) is 0. The van der Waals surface area contributed by atoms with E-state index >= 15 is 0 Å². The fraction of sp³-hybridized carbons (Fsp3) is 0.364. The van der Waals surface area contributed by atoms with Gasteiger partial charge in [0.1, 0.15) is 0 Å². The lowest BCUT2D eigenvalue weighted by Gasteiger charge is -2.21. The number of rotatable bonds is 5. The molecule has 16 heavy (non-hydrogen) atoms. The van der Waals surface area contributed by atoms with Crippen molar-refractivity contribution in [3.8, 4) is 6.07 Å². The van der Waals surface area contributed by atoms with Gasteiger partial charge in [0, 0.05) is 16.9 Å². The Balaban J connectivity index is 2.59. The first-order valence-corrected chi connectivity index (χ1v) is 6.43. The van der Waals surface area contributed by atoms with E-state index in [1.807, 2.05) is 24.3 Å². The molecule has 0 spiro atoms. The van der Waals surface area contributed by atoms with Crippen molar-refractivity contribution in [2.75, 3.05) is 5.88 Å². The largest absolute Gasteiger partial charge is 0.210 e. The summed E-state index contributed by atoms with van der Waals surface area (Å²) in [6.45, 7) is 0.577. The highest BCUT2D eigenvalue weighted by molar-refractivity contribution is 9.10. The summed E-state index contributed by atoms with van der Waals surface area (Å²) in [6.07, 6.45) is 0.337. The van der Waals surface area contributed by atoms with Crippen LogP contribution in [0, 0.1) is 11.3 Å². The molecule has 0 radical (unpaired) electrons. The number of nitriles is 1. The summed E-state index contributed by atoms with van der Waals surface area (Å²) in [5.74, 6) is 0.355. The van der Waals surface area contributed by atoms with E-state index < -0.39 is 0 Å². The fourth-order valence-corrected chi connectivity index (χ4v) is 2.11. The zero-order valence-electron chi connectivity index (χ0n) is 8.54. The van der Waals surface area contributed by atoms with E-state index in [0.29, 0.717) is 18.8 Å². The van der Waals surface area contributed by atoms with Crippen molar-refractivity contribution in [2.24, 2.45) is 0 Å². The molecule has 0 fully saturated rings. The van der Waals surface area contributed by atoms with Crippen LogP contribution in [0.3, 0.4) is 0 Å². The van der Waals surface area contributed by atoms with Gasteiger partial charge in [-0.2, -0.15) is 5.26 Å². The first kappa shape index (κ1) is 13.8. The smallest absolute Gasteiger partial charge is 0.0639 e. The molecule has 1 rings (SSSR count). The lowest BCUT2D eigenvalue weighted by molar-refractivity contribution is 0.360. The van der Waals surface area contributed by atoms with Gasteiger partial charge in [-0.05, 0) is 29.5 Å². The molecule has 0 N–H and O–H groups in total. The minimum Gasteiger partial charge on any atom is -0.210 e. The average molecular weight is 322 g/mol. The number of benzene rings is 1. The zero-order valence-corrected chi connectivity index (χ0v) is 11.6. The number of hydrogen-bond donors (Lipinski definition) is 0. The SMILES string of the molecule is N#CCC(CCl)N(Cl)Cc1ccc(Br)cc1. The Morgan fingerprint density at radius 2 is 2.00 bits per heavy atom. The van der Waals surface area contributed by atoms with Gasteiger partial charge in [0.25, 0.3) is 0 Å². The molecule has 0 aliphatic heterocycles. The van der Waals surface area contributed by atoms with E-state index in [1.54, 1.807) is 4.42 Å². The van der Waals surface area contributed by atoms with Gasteiger partial charge < -0.3 is 0 Å². The number of nitrogens with zero attached hydrogens (tertiary/aromatic N) is 2. The standard InChI is InChI=1S/C11H11BrCl2N2/c12-10-3-1-9(2-4-10)8-16(14)11(7-13)5-6-15/h1-4,11H,5,7-8H2. The molecule has 0 saturated heterocycles. The summed E-state index contributed by atoms with van der Waals surface area (Å²) < 4.78 is 2.61. The Hall–Kier alpha value is -0.270. The number of halogens is 3. The zero-order chi connectivity index (χ0) is 12.0. The molecule has 86 valence electrons. The maximum atomic E-state index is 8.62. The highest BCUT2D eigenvalue weighted by Crippen LogP contribution is 2.16. The summed E-state index contributed by atoms with van der Waals surface area (Å²) in [6, 6.07) is 9.85. The Bertz CT molecular complexity index is 361. The molecule has 2 nitrogen and oxygen atoms in total. The van der Waals surface area contributed by atoms with E-state index in [9.17, 15) is 0 Å². The van der Waals surface area contributed by atoms with Crippen molar-refractivity contribution in [1.82, 2.24) is 4.42 Å². The first-order valence-electron chi connectivity index (χ1n) is 4.77. The van der Waals surface area contributed by atoms with Gasteiger partial charge in [-0.15, -0.1) is 11.6 Å². The molecule has 1 aromatic carbocycles. The van der Waals surface area contributed by atoms with Crippen LogP contribution in [0.1, 0.15) is 12.0 Å². The minimum absolute atomic E-state index is 0.114. The highest BCUT2D eigenvalue weighted by Gasteiger charge is 2.15. The molecule has 1 unspecified atom stereocenters. The lowest BCUT2D eigenvalue weighted by atomic mass is 10.2. The molecule has 0 aromatic heterocycles. The monoisotopic (exact) mass is 320 g/mol. The van der Waals surface area contributed by atoms with E-state index in [2.05, 4.69) is 22.0 Å². The van der Waals surface area contributed by atoms with Crippen molar-refractivity contribution >= 4 is 39.3 Å². The predicted molar refractivity (Wildman–Crippen MR) is 70.3 cm³/mol. The second-order valence-corrected chi connectivity index (χ2v) is 5.01. The molecule has 0 saturated carbocycles. The minimum atomic E-state index is -0.114. The van der Waals surface area contributed by atoms with Gasteiger partial charge in [-0.25, -0.2) is 4.42 Å². The van der Waals surface area contributed by atoms with Crippen molar-refractivity contribution < 1.29 is 0 Å². The molecular formula is C11H11BrCl2N2. The Morgan fingerprint density at radius 3 is 2.50 bits per heavy atom. The van der Waals surface area contributed by atoms with Crippen LogP contribution in [-0.4, -0.2) is 16.3 Å². The first-order chi connectivity index (χ1) is 7.67. The van der Waals surface area contributed by atoms with Crippen LogP contribution in [0.25, 0.3) is 0 Å². The molecule has 0 bridgehead atoms. The Morgan fingerprint density at radius 1 is 1.38 bits per heavy atom. The molecule has 0 amide bonds.